The number of aliphatic hydroxyl groups is 2. The van der Waals surface area contributed by atoms with E-state index in [0.717, 1.165) is 6.07 Å². The lowest BCUT2D eigenvalue weighted by Gasteiger charge is -2.43. The molecule has 0 bridgehead atoms. The Balaban J connectivity index is 3.54. The first-order valence-corrected chi connectivity index (χ1v) is 8.95. The Morgan fingerprint density at radius 1 is 0.714 bits per heavy atom. The van der Waals surface area contributed by atoms with Crippen LogP contribution in [0.4, 0.5) is 8.78 Å². The van der Waals surface area contributed by atoms with Crippen LogP contribution in [0, 0.1) is 11.6 Å². The Hall–Kier alpha value is -1.03. The normalized spacial score (nSPS) is 13.6. The fraction of sp³-hybridized carbons (Fsp3) is 0.667. The molecule has 0 spiro atoms. The maximum Gasteiger partial charge on any atom is 0.497 e. The molecule has 0 heterocycles. The van der Waals surface area contributed by atoms with Crippen LogP contribution in [0.1, 0.15) is 55.4 Å². The topological polar surface area (TPSA) is 99.4 Å². The average molecular weight is 402 g/mol. The number of hydrogen-bond donors (Lipinski definition) is 4. The lowest BCUT2D eigenvalue weighted by Crippen LogP contribution is -2.59. The molecule has 4 N–H and O–H groups in total. The van der Waals surface area contributed by atoms with Gasteiger partial charge in [0.1, 0.15) is 11.6 Å². The first kappa shape index (κ1) is 25.0. The molecule has 0 aromatic heterocycles. The van der Waals surface area contributed by atoms with E-state index in [0.29, 0.717) is 6.07 Å². The van der Waals surface area contributed by atoms with Gasteiger partial charge in [-0.2, -0.15) is 0 Å². The van der Waals surface area contributed by atoms with Crippen molar-refractivity contribution in [1.29, 1.82) is 0 Å². The summed E-state index contributed by atoms with van der Waals surface area (Å²) < 4.78 is 40.2. The molecule has 0 unspecified atom stereocenters. The van der Waals surface area contributed by atoms with Crippen LogP contribution in [0.25, 0.3) is 0 Å². The van der Waals surface area contributed by atoms with Crippen molar-refractivity contribution in [2.24, 2.45) is 0 Å². The van der Waals surface area contributed by atoms with E-state index in [-0.39, 0.29) is 5.46 Å². The van der Waals surface area contributed by atoms with E-state index < -0.39 is 53.7 Å². The van der Waals surface area contributed by atoms with Crippen LogP contribution in [0.3, 0.4) is 0 Å². The summed E-state index contributed by atoms with van der Waals surface area (Å²) in [4.78, 5) is 0. The van der Waals surface area contributed by atoms with E-state index in [9.17, 15) is 29.0 Å². The second-order valence-corrected chi connectivity index (χ2v) is 8.98. The van der Waals surface area contributed by atoms with Gasteiger partial charge >= 0.3 is 14.2 Å². The zero-order valence-corrected chi connectivity index (χ0v) is 17.7. The van der Waals surface area contributed by atoms with Gasteiger partial charge in [-0.25, -0.2) is 8.78 Å². The molecule has 0 saturated carbocycles. The number of hydrogen-bond acceptors (Lipinski definition) is 6. The van der Waals surface area contributed by atoms with Crippen LogP contribution in [0.5, 0.6) is 0 Å². The predicted molar refractivity (Wildman–Crippen MR) is 104 cm³/mol. The molecule has 1 rings (SSSR count). The molecule has 0 amide bonds. The summed E-state index contributed by atoms with van der Waals surface area (Å²) in [5, 5.41) is 39.5. The highest BCUT2D eigenvalue weighted by atomic mass is 19.1. The van der Waals surface area contributed by atoms with Crippen molar-refractivity contribution in [1.82, 2.24) is 0 Å². The van der Waals surface area contributed by atoms with Gasteiger partial charge in [-0.15, -0.1) is 0 Å². The van der Waals surface area contributed by atoms with Gasteiger partial charge in [-0.3, -0.25) is 0 Å². The molecule has 0 radical (unpaired) electrons. The summed E-state index contributed by atoms with van der Waals surface area (Å²) in [6.07, 6.45) is 0. The van der Waals surface area contributed by atoms with Gasteiger partial charge in [-0.05, 0) is 55.4 Å². The highest BCUT2D eigenvalue weighted by Gasteiger charge is 2.46. The minimum Gasteiger partial charge on any atom is -0.423 e. The Bertz CT molecular complexity index is 669. The van der Waals surface area contributed by atoms with Gasteiger partial charge in [0.15, 0.2) is 0 Å². The summed E-state index contributed by atoms with van der Waals surface area (Å²) >= 11 is 0. The third-order valence-electron chi connectivity index (χ3n) is 5.40. The molecule has 0 saturated heterocycles. The van der Waals surface area contributed by atoms with Gasteiger partial charge < -0.3 is 29.6 Å². The maximum absolute atomic E-state index is 14.6. The first-order valence-electron chi connectivity index (χ1n) is 8.95. The van der Waals surface area contributed by atoms with Crippen molar-refractivity contribution in [3.63, 3.8) is 0 Å². The largest absolute Gasteiger partial charge is 0.497 e. The van der Waals surface area contributed by atoms with Crippen LogP contribution in [-0.4, -0.2) is 56.9 Å². The highest BCUT2D eigenvalue weighted by molar-refractivity contribution is 6.64. The fourth-order valence-electron chi connectivity index (χ4n) is 1.94. The van der Waals surface area contributed by atoms with E-state index in [1.165, 1.54) is 27.7 Å². The van der Waals surface area contributed by atoms with Gasteiger partial charge in [0, 0.05) is 17.0 Å². The molecule has 0 aliphatic rings. The number of rotatable bonds is 8. The minimum absolute atomic E-state index is 0.306. The summed E-state index contributed by atoms with van der Waals surface area (Å²) in [7, 11) is -3.68. The molecule has 28 heavy (non-hydrogen) atoms. The van der Waals surface area contributed by atoms with E-state index >= 15 is 0 Å². The molecule has 1 aromatic rings. The van der Waals surface area contributed by atoms with Crippen molar-refractivity contribution in [2.45, 2.75) is 77.8 Å². The molecule has 10 heteroatoms. The molecule has 158 valence electrons. The number of benzene rings is 1. The average Bonchev–Trinajstić information content (AvgIpc) is 2.43. The zero-order chi connectivity index (χ0) is 22.3. The SMILES string of the molecule is CC(C)(O)C(C)(C)OB(OC(C)(C)C(C)(C)O)c1cc(B(O)O)c(F)cc1F. The van der Waals surface area contributed by atoms with Gasteiger partial charge in [0.25, 0.3) is 0 Å². The van der Waals surface area contributed by atoms with E-state index in [4.69, 9.17) is 9.31 Å². The van der Waals surface area contributed by atoms with Crippen molar-refractivity contribution >= 4 is 25.2 Å². The third-order valence-corrected chi connectivity index (χ3v) is 5.40. The van der Waals surface area contributed by atoms with Gasteiger partial charge in [0.2, 0.25) is 0 Å². The lowest BCUT2D eigenvalue weighted by molar-refractivity contribution is -0.132. The van der Waals surface area contributed by atoms with Crippen LogP contribution in [-0.2, 0) is 9.31 Å². The Morgan fingerprint density at radius 3 is 1.39 bits per heavy atom. The third kappa shape index (κ3) is 5.52. The fourth-order valence-corrected chi connectivity index (χ4v) is 1.94. The second-order valence-electron chi connectivity index (χ2n) is 8.98. The Morgan fingerprint density at radius 2 is 1.07 bits per heavy atom. The molecular formula is C18H30B2F2O6. The molecule has 1 aromatic carbocycles. The van der Waals surface area contributed by atoms with E-state index in [1.807, 2.05) is 0 Å². The van der Waals surface area contributed by atoms with Crippen molar-refractivity contribution in [2.75, 3.05) is 0 Å². The van der Waals surface area contributed by atoms with Gasteiger partial charge in [0.05, 0.1) is 22.4 Å². The standard InChI is InChI=1S/C18H30B2F2O6/c1-15(2,23)17(5,6)27-20(28-18(7,8)16(3,4)24)12-9-11(19(25)26)13(21)10-14(12)22/h9-10,23-26H,1-8H3. The molecule has 0 fully saturated rings. The molecule has 0 aliphatic heterocycles. The van der Waals surface area contributed by atoms with E-state index in [1.54, 1.807) is 27.7 Å². The Labute approximate surface area is 165 Å². The van der Waals surface area contributed by atoms with Crippen LogP contribution >= 0.6 is 0 Å². The monoisotopic (exact) mass is 402 g/mol. The van der Waals surface area contributed by atoms with Crippen LogP contribution < -0.4 is 10.9 Å². The lowest BCUT2D eigenvalue weighted by atomic mass is 9.69. The summed E-state index contributed by atoms with van der Waals surface area (Å²) in [6, 6.07) is 1.39. The predicted octanol–water partition coefficient (Wildman–Crippen LogP) is 0.472. The molecule has 6 nitrogen and oxygen atoms in total. The van der Waals surface area contributed by atoms with Crippen LogP contribution in [0.15, 0.2) is 12.1 Å². The smallest absolute Gasteiger partial charge is 0.423 e. The summed E-state index contributed by atoms with van der Waals surface area (Å²) in [5.41, 5.74) is -6.12. The van der Waals surface area contributed by atoms with Crippen molar-refractivity contribution in [3.05, 3.63) is 23.8 Å². The molecule has 0 atom stereocenters. The second kappa shape index (κ2) is 8.01. The highest BCUT2D eigenvalue weighted by Crippen LogP contribution is 2.30. The minimum atomic E-state index is -2.18. The quantitative estimate of drug-likeness (QED) is 0.472. The summed E-state index contributed by atoms with van der Waals surface area (Å²) in [6.45, 7) is 12.2. The first-order chi connectivity index (χ1) is 12.3. The van der Waals surface area contributed by atoms with Gasteiger partial charge in [-0.1, -0.05) is 6.07 Å². The van der Waals surface area contributed by atoms with Crippen molar-refractivity contribution in [3.8, 4) is 0 Å². The maximum atomic E-state index is 14.6. The molecular weight excluding hydrogens is 372 g/mol. The molecule has 0 aliphatic carbocycles. The van der Waals surface area contributed by atoms with E-state index in [2.05, 4.69) is 0 Å². The Kier molecular flexibility index (Phi) is 7.15. The summed E-state index contributed by atoms with van der Waals surface area (Å²) in [5.74, 6) is -2.18. The van der Waals surface area contributed by atoms with Crippen LogP contribution in [0.2, 0.25) is 0 Å². The van der Waals surface area contributed by atoms with Crippen molar-refractivity contribution < 1.29 is 38.4 Å². The zero-order valence-electron chi connectivity index (χ0n) is 17.7. The number of halogens is 2.